The van der Waals surface area contributed by atoms with E-state index in [1.807, 2.05) is 32.9 Å². The highest BCUT2D eigenvalue weighted by molar-refractivity contribution is 5.92. The Morgan fingerprint density at radius 2 is 1.95 bits per heavy atom. The number of benzene rings is 1. The van der Waals surface area contributed by atoms with Gasteiger partial charge in [0.25, 0.3) is 5.91 Å². The summed E-state index contributed by atoms with van der Waals surface area (Å²) < 4.78 is 0. The van der Waals surface area contributed by atoms with Crippen LogP contribution >= 0.6 is 0 Å². The van der Waals surface area contributed by atoms with E-state index >= 15 is 0 Å². The first kappa shape index (κ1) is 14.1. The second-order valence-electron chi connectivity index (χ2n) is 4.98. The lowest BCUT2D eigenvalue weighted by Gasteiger charge is -2.17. The van der Waals surface area contributed by atoms with Crippen molar-refractivity contribution in [2.75, 3.05) is 0 Å². The van der Waals surface area contributed by atoms with Crippen molar-refractivity contribution in [3.05, 3.63) is 69.1 Å². The number of hydrogen-bond donors (Lipinski definition) is 2. The van der Waals surface area contributed by atoms with E-state index in [0.717, 1.165) is 16.7 Å². The highest BCUT2D eigenvalue weighted by atomic mass is 16.2. The van der Waals surface area contributed by atoms with Gasteiger partial charge in [0, 0.05) is 6.07 Å². The van der Waals surface area contributed by atoms with Gasteiger partial charge in [0.2, 0.25) is 5.56 Å². The molecule has 4 heteroatoms. The molecular formula is C16H18N2O2. The molecule has 0 saturated carbocycles. The van der Waals surface area contributed by atoms with Crippen LogP contribution in [-0.2, 0) is 0 Å². The van der Waals surface area contributed by atoms with Gasteiger partial charge in [-0.3, -0.25) is 9.59 Å². The molecule has 1 aromatic heterocycles. The molecule has 0 spiro atoms. The van der Waals surface area contributed by atoms with Crippen molar-refractivity contribution in [2.45, 2.75) is 26.8 Å². The van der Waals surface area contributed by atoms with Crippen molar-refractivity contribution >= 4 is 5.91 Å². The fourth-order valence-electron chi connectivity index (χ4n) is 2.16. The average Bonchev–Trinajstić information content (AvgIpc) is 2.41. The first-order valence-electron chi connectivity index (χ1n) is 6.54. The molecular weight excluding hydrogens is 252 g/mol. The summed E-state index contributed by atoms with van der Waals surface area (Å²) >= 11 is 0. The molecule has 0 saturated heterocycles. The molecule has 2 rings (SSSR count). The molecule has 0 radical (unpaired) electrons. The average molecular weight is 270 g/mol. The summed E-state index contributed by atoms with van der Waals surface area (Å²) in [6.07, 6.45) is 0. The van der Waals surface area contributed by atoms with Crippen molar-refractivity contribution in [3.63, 3.8) is 0 Å². The highest BCUT2D eigenvalue weighted by Gasteiger charge is 2.13. The highest BCUT2D eigenvalue weighted by Crippen LogP contribution is 2.19. The van der Waals surface area contributed by atoms with Crippen LogP contribution in [-0.4, -0.2) is 10.9 Å². The van der Waals surface area contributed by atoms with Gasteiger partial charge in [-0.25, -0.2) is 0 Å². The fourth-order valence-corrected chi connectivity index (χ4v) is 2.16. The monoisotopic (exact) mass is 270 g/mol. The first-order valence-corrected chi connectivity index (χ1v) is 6.54. The maximum atomic E-state index is 12.1. The molecule has 104 valence electrons. The summed E-state index contributed by atoms with van der Waals surface area (Å²) in [5, 5.41) is 2.90. The molecule has 20 heavy (non-hydrogen) atoms. The predicted molar refractivity (Wildman–Crippen MR) is 78.9 cm³/mol. The molecule has 0 fully saturated rings. The molecule has 1 amide bonds. The summed E-state index contributed by atoms with van der Waals surface area (Å²) in [5.74, 6) is -0.281. The van der Waals surface area contributed by atoms with E-state index in [2.05, 4.69) is 16.4 Å². The Balaban J connectivity index is 2.19. The zero-order valence-electron chi connectivity index (χ0n) is 11.9. The minimum atomic E-state index is -0.281. The van der Waals surface area contributed by atoms with Gasteiger partial charge in [-0.2, -0.15) is 0 Å². The summed E-state index contributed by atoms with van der Waals surface area (Å²) in [7, 11) is 0. The smallest absolute Gasteiger partial charge is 0.268 e. The third-order valence-electron chi connectivity index (χ3n) is 3.26. The van der Waals surface area contributed by atoms with Gasteiger partial charge in [-0.15, -0.1) is 0 Å². The molecule has 1 heterocycles. The Bertz CT molecular complexity index is 689. The number of H-pyrrole nitrogens is 1. The maximum absolute atomic E-state index is 12.1. The molecule has 4 nitrogen and oxygen atoms in total. The SMILES string of the molecule is Cc1ccc(C)c(C(C)NC(=O)c2cccc(=O)[nH]2)c1. The number of pyridine rings is 1. The van der Waals surface area contributed by atoms with Gasteiger partial charge in [-0.05, 0) is 38.0 Å². The Morgan fingerprint density at radius 3 is 2.65 bits per heavy atom. The number of aromatic nitrogens is 1. The van der Waals surface area contributed by atoms with Crippen molar-refractivity contribution < 1.29 is 4.79 Å². The summed E-state index contributed by atoms with van der Waals surface area (Å²) in [6, 6.07) is 10.6. The Labute approximate surface area is 117 Å². The minimum absolute atomic E-state index is 0.119. The Hall–Kier alpha value is -2.36. The van der Waals surface area contributed by atoms with E-state index < -0.39 is 0 Å². The molecule has 0 aliphatic carbocycles. The number of rotatable bonds is 3. The quantitative estimate of drug-likeness (QED) is 0.900. The zero-order valence-corrected chi connectivity index (χ0v) is 11.9. The Kier molecular flexibility index (Phi) is 4.03. The summed E-state index contributed by atoms with van der Waals surface area (Å²) in [4.78, 5) is 25.8. The molecule has 0 bridgehead atoms. The lowest BCUT2D eigenvalue weighted by molar-refractivity contribution is 0.0934. The zero-order chi connectivity index (χ0) is 14.7. The summed E-state index contributed by atoms with van der Waals surface area (Å²) in [5.41, 5.74) is 3.35. The molecule has 0 aliphatic rings. The van der Waals surface area contributed by atoms with E-state index in [9.17, 15) is 9.59 Å². The minimum Gasteiger partial charge on any atom is -0.344 e. The summed E-state index contributed by atoms with van der Waals surface area (Å²) in [6.45, 7) is 5.97. The topological polar surface area (TPSA) is 62.0 Å². The van der Waals surface area contributed by atoms with Crippen LogP contribution in [0.15, 0.2) is 41.2 Å². The Morgan fingerprint density at radius 1 is 1.20 bits per heavy atom. The van der Waals surface area contributed by atoms with Crippen LogP contribution in [0.5, 0.6) is 0 Å². The second kappa shape index (κ2) is 5.74. The molecule has 1 unspecified atom stereocenters. The van der Waals surface area contributed by atoms with E-state index in [1.54, 1.807) is 12.1 Å². The van der Waals surface area contributed by atoms with E-state index in [4.69, 9.17) is 0 Å². The number of hydrogen-bond acceptors (Lipinski definition) is 2. The molecule has 2 N–H and O–H groups in total. The van der Waals surface area contributed by atoms with Crippen LogP contribution < -0.4 is 10.9 Å². The van der Waals surface area contributed by atoms with Crippen LogP contribution in [0.3, 0.4) is 0 Å². The maximum Gasteiger partial charge on any atom is 0.268 e. The van der Waals surface area contributed by atoms with Crippen molar-refractivity contribution in [3.8, 4) is 0 Å². The molecule has 0 aliphatic heterocycles. The fraction of sp³-hybridized carbons (Fsp3) is 0.250. The second-order valence-corrected chi connectivity index (χ2v) is 4.98. The van der Waals surface area contributed by atoms with Gasteiger partial charge in [0.1, 0.15) is 5.69 Å². The van der Waals surface area contributed by atoms with Crippen LogP contribution in [0.25, 0.3) is 0 Å². The number of amides is 1. The molecule has 2 aromatic rings. The van der Waals surface area contributed by atoms with E-state index in [1.165, 1.54) is 6.07 Å². The van der Waals surface area contributed by atoms with Crippen molar-refractivity contribution in [1.29, 1.82) is 0 Å². The number of nitrogens with one attached hydrogen (secondary N) is 2. The molecule has 1 atom stereocenters. The van der Waals surface area contributed by atoms with Gasteiger partial charge >= 0.3 is 0 Å². The van der Waals surface area contributed by atoms with E-state index in [-0.39, 0.29) is 23.2 Å². The van der Waals surface area contributed by atoms with Crippen molar-refractivity contribution in [2.24, 2.45) is 0 Å². The van der Waals surface area contributed by atoms with Crippen LogP contribution in [0.4, 0.5) is 0 Å². The third-order valence-corrected chi connectivity index (χ3v) is 3.26. The van der Waals surface area contributed by atoms with Gasteiger partial charge < -0.3 is 10.3 Å². The lowest BCUT2D eigenvalue weighted by atomic mass is 10.00. The number of aryl methyl sites for hydroxylation is 2. The number of carbonyl (C=O) groups is 1. The van der Waals surface area contributed by atoms with Gasteiger partial charge in [-0.1, -0.05) is 29.8 Å². The van der Waals surface area contributed by atoms with Crippen LogP contribution in [0.1, 0.15) is 40.1 Å². The van der Waals surface area contributed by atoms with Crippen LogP contribution in [0.2, 0.25) is 0 Å². The standard InChI is InChI=1S/C16H18N2O2/c1-10-7-8-11(2)13(9-10)12(3)17-16(20)14-5-4-6-15(19)18-14/h4-9,12H,1-3H3,(H,17,20)(H,18,19). The van der Waals surface area contributed by atoms with Gasteiger partial charge in [0.05, 0.1) is 6.04 Å². The third kappa shape index (κ3) is 3.15. The number of carbonyl (C=O) groups excluding carboxylic acids is 1. The van der Waals surface area contributed by atoms with Crippen LogP contribution in [0, 0.1) is 13.8 Å². The molecule has 1 aromatic carbocycles. The first-order chi connectivity index (χ1) is 9.47. The predicted octanol–water partition coefficient (Wildman–Crippen LogP) is 2.48. The van der Waals surface area contributed by atoms with Gasteiger partial charge in [0.15, 0.2) is 0 Å². The lowest BCUT2D eigenvalue weighted by Crippen LogP contribution is -2.29. The number of aromatic amines is 1. The largest absolute Gasteiger partial charge is 0.344 e. The van der Waals surface area contributed by atoms with Crippen molar-refractivity contribution in [1.82, 2.24) is 10.3 Å². The van der Waals surface area contributed by atoms with E-state index in [0.29, 0.717) is 0 Å². The normalized spacial score (nSPS) is 11.9.